The van der Waals surface area contributed by atoms with E-state index in [1.807, 2.05) is 5.32 Å². The van der Waals surface area contributed by atoms with Gasteiger partial charge in [-0.1, -0.05) is 30.3 Å². The minimum absolute atomic E-state index is 0.0727. The molecule has 1 rings (SSSR count). The predicted octanol–water partition coefficient (Wildman–Crippen LogP) is -2.30. The van der Waals surface area contributed by atoms with Gasteiger partial charge in [-0.05, 0) is 18.4 Å². The van der Waals surface area contributed by atoms with Crippen molar-refractivity contribution in [2.75, 3.05) is 0 Å². The average Bonchev–Trinajstić information content (AvgIpc) is 2.83. The van der Waals surface area contributed by atoms with Crippen molar-refractivity contribution in [3.05, 3.63) is 35.9 Å². The van der Waals surface area contributed by atoms with Gasteiger partial charge in [0.05, 0.1) is 12.5 Å². The Bertz CT molecular complexity index is 1030. The zero-order valence-corrected chi connectivity index (χ0v) is 20.3. The summed E-state index contributed by atoms with van der Waals surface area (Å²) in [4.78, 5) is 82.8. The van der Waals surface area contributed by atoms with Gasteiger partial charge in [0.1, 0.15) is 18.1 Å². The van der Waals surface area contributed by atoms with Crippen molar-refractivity contribution in [3.8, 4) is 0 Å². The molecule has 208 valence electrons. The number of carbonyl (C=O) groups excluding carboxylic acids is 4. The van der Waals surface area contributed by atoms with Crippen molar-refractivity contribution >= 4 is 41.5 Å². The van der Waals surface area contributed by atoms with E-state index in [1.54, 1.807) is 30.3 Å². The van der Waals surface area contributed by atoms with Crippen LogP contribution in [0.4, 0.5) is 0 Å². The maximum atomic E-state index is 13.2. The lowest BCUT2D eigenvalue weighted by molar-refractivity contribution is -0.144. The number of hydrogen-bond donors (Lipinski definition) is 8. The van der Waals surface area contributed by atoms with Gasteiger partial charge >= 0.3 is 17.9 Å². The van der Waals surface area contributed by atoms with Gasteiger partial charge in [-0.2, -0.15) is 0 Å². The SMILES string of the molecule is NC(=O)CC(NC(=O)C(CCC(=O)O)NC(=O)C(Cc1ccccc1)NC(=O)C(N)CCC(=O)O)C(=O)O. The molecule has 0 aliphatic rings. The number of carbonyl (C=O) groups is 7. The van der Waals surface area contributed by atoms with Gasteiger partial charge in [-0.3, -0.25) is 28.8 Å². The van der Waals surface area contributed by atoms with Crippen LogP contribution in [0.2, 0.25) is 0 Å². The lowest BCUT2D eigenvalue weighted by atomic mass is 10.0. The summed E-state index contributed by atoms with van der Waals surface area (Å²) in [5.74, 6) is -7.91. The lowest BCUT2D eigenvalue weighted by Gasteiger charge is -2.25. The number of benzene rings is 1. The van der Waals surface area contributed by atoms with E-state index in [2.05, 4.69) is 10.6 Å². The molecule has 0 aliphatic carbocycles. The Morgan fingerprint density at radius 3 is 1.74 bits per heavy atom. The quantitative estimate of drug-likeness (QED) is 0.105. The standard InChI is InChI=1S/C23H31N5O10/c24-13(6-8-18(30)31)20(34)27-15(10-12-4-2-1-3-5-12)22(36)26-14(7-9-19(32)33)21(35)28-16(23(37)38)11-17(25)29/h1-5,13-16H,6-11,24H2,(H2,25,29)(H,26,36)(H,27,34)(H,28,35)(H,30,31)(H,32,33)(H,37,38). The van der Waals surface area contributed by atoms with Crippen LogP contribution in [0.1, 0.15) is 37.7 Å². The van der Waals surface area contributed by atoms with Crippen LogP contribution in [0.3, 0.4) is 0 Å². The first-order valence-electron chi connectivity index (χ1n) is 11.5. The molecule has 4 unspecified atom stereocenters. The van der Waals surface area contributed by atoms with Gasteiger partial charge < -0.3 is 42.7 Å². The highest BCUT2D eigenvalue weighted by Crippen LogP contribution is 2.07. The summed E-state index contributed by atoms with van der Waals surface area (Å²) < 4.78 is 0. The van der Waals surface area contributed by atoms with Crippen molar-refractivity contribution in [2.45, 2.75) is 62.7 Å². The third-order valence-electron chi connectivity index (χ3n) is 5.22. The number of nitrogens with two attached hydrogens (primary N) is 2. The Balaban J connectivity index is 3.13. The van der Waals surface area contributed by atoms with Crippen LogP contribution in [-0.2, 0) is 40.0 Å². The Morgan fingerprint density at radius 1 is 0.711 bits per heavy atom. The second-order valence-corrected chi connectivity index (χ2v) is 8.35. The summed E-state index contributed by atoms with van der Waals surface area (Å²) in [6, 6.07) is 2.54. The minimum Gasteiger partial charge on any atom is -0.481 e. The van der Waals surface area contributed by atoms with Crippen LogP contribution in [0.25, 0.3) is 0 Å². The predicted molar refractivity (Wildman–Crippen MR) is 129 cm³/mol. The van der Waals surface area contributed by atoms with Gasteiger partial charge in [0.15, 0.2) is 0 Å². The van der Waals surface area contributed by atoms with Gasteiger partial charge in [-0.15, -0.1) is 0 Å². The maximum Gasteiger partial charge on any atom is 0.326 e. The van der Waals surface area contributed by atoms with E-state index in [-0.39, 0.29) is 12.8 Å². The number of primary amides is 1. The first-order valence-corrected chi connectivity index (χ1v) is 11.5. The van der Waals surface area contributed by atoms with E-state index < -0.39 is 91.4 Å². The van der Waals surface area contributed by atoms with Crippen LogP contribution in [0.15, 0.2) is 30.3 Å². The minimum atomic E-state index is -1.73. The molecule has 0 heterocycles. The highest BCUT2D eigenvalue weighted by Gasteiger charge is 2.31. The second-order valence-electron chi connectivity index (χ2n) is 8.35. The smallest absolute Gasteiger partial charge is 0.326 e. The van der Waals surface area contributed by atoms with Crippen molar-refractivity contribution in [1.82, 2.24) is 16.0 Å². The zero-order valence-electron chi connectivity index (χ0n) is 20.3. The molecule has 4 amide bonds. The van der Waals surface area contributed by atoms with Crippen LogP contribution in [-0.4, -0.2) is 81.0 Å². The second kappa shape index (κ2) is 15.6. The highest BCUT2D eigenvalue weighted by molar-refractivity contribution is 5.95. The summed E-state index contributed by atoms with van der Waals surface area (Å²) in [6.07, 6.45) is -2.45. The normalized spacial score (nSPS) is 13.7. The highest BCUT2D eigenvalue weighted by atomic mass is 16.4. The molecule has 15 heteroatoms. The topological polar surface area (TPSA) is 268 Å². The van der Waals surface area contributed by atoms with Crippen molar-refractivity contribution in [1.29, 1.82) is 0 Å². The summed E-state index contributed by atoms with van der Waals surface area (Å²) in [5.41, 5.74) is 11.3. The Morgan fingerprint density at radius 2 is 1.21 bits per heavy atom. The molecule has 0 aromatic heterocycles. The van der Waals surface area contributed by atoms with E-state index >= 15 is 0 Å². The van der Waals surface area contributed by atoms with E-state index in [4.69, 9.17) is 21.7 Å². The summed E-state index contributed by atoms with van der Waals surface area (Å²) in [6.45, 7) is 0. The molecular weight excluding hydrogens is 506 g/mol. The molecule has 0 aliphatic heterocycles. The molecule has 0 saturated heterocycles. The van der Waals surface area contributed by atoms with Crippen molar-refractivity contribution < 1.29 is 48.9 Å². The molecule has 38 heavy (non-hydrogen) atoms. The molecule has 10 N–H and O–H groups in total. The van der Waals surface area contributed by atoms with E-state index in [9.17, 15) is 38.7 Å². The molecule has 0 spiro atoms. The Kier molecular flexibility index (Phi) is 12.9. The third kappa shape index (κ3) is 11.9. The zero-order chi connectivity index (χ0) is 28.8. The summed E-state index contributed by atoms with van der Waals surface area (Å²) >= 11 is 0. The maximum absolute atomic E-state index is 13.2. The Labute approximate surface area is 216 Å². The Hall–Kier alpha value is -4.53. The monoisotopic (exact) mass is 537 g/mol. The molecule has 0 saturated carbocycles. The van der Waals surface area contributed by atoms with Crippen LogP contribution in [0.5, 0.6) is 0 Å². The number of aliphatic carboxylic acids is 3. The van der Waals surface area contributed by atoms with Gasteiger partial charge in [0.25, 0.3) is 0 Å². The van der Waals surface area contributed by atoms with E-state index in [1.165, 1.54) is 0 Å². The lowest BCUT2D eigenvalue weighted by Crippen LogP contribution is -2.58. The largest absolute Gasteiger partial charge is 0.481 e. The van der Waals surface area contributed by atoms with Crippen LogP contribution in [0, 0.1) is 0 Å². The number of carboxylic acids is 3. The summed E-state index contributed by atoms with van der Waals surface area (Å²) in [5, 5.41) is 33.8. The molecule has 15 nitrogen and oxygen atoms in total. The molecule has 0 bridgehead atoms. The third-order valence-corrected chi connectivity index (χ3v) is 5.22. The van der Waals surface area contributed by atoms with Gasteiger partial charge in [-0.25, -0.2) is 4.79 Å². The molecule has 1 aromatic carbocycles. The molecule has 1 aromatic rings. The van der Waals surface area contributed by atoms with Crippen LogP contribution < -0.4 is 27.4 Å². The first-order chi connectivity index (χ1) is 17.8. The molecule has 0 radical (unpaired) electrons. The first kappa shape index (κ1) is 31.5. The molecular formula is C23H31N5O10. The number of hydrogen-bond acceptors (Lipinski definition) is 8. The fourth-order valence-electron chi connectivity index (χ4n) is 3.23. The van der Waals surface area contributed by atoms with Gasteiger partial charge in [0.2, 0.25) is 23.6 Å². The fraction of sp³-hybridized carbons (Fsp3) is 0.435. The summed E-state index contributed by atoms with van der Waals surface area (Å²) in [7, 11) is 0. The number of amides is 4. The molecule has 0 fully saturated rings. The van der Waals surface area contributed by atoms with E-state index in [0.29, 0.717) is 5.56 Å². The van der Waals surface area contributed by atoms with Gasteiger partial charge in [0, 0.05) is 19.3 Å². The van der Waals surface area contributed by atoms with Crippen LogP contribution >= 0.6 is 0 Å². The number of nitrogens with one attached hydrogen (secondary N) is 3. The van der Waals surface area contributed by atoms with Crippen molar-refractivity contribution in [3.63, 3.8) is 0 Å². The van der Waals surface area contributed by atoms with E-state index in [0.717, 1.165) is 0 Å². The van der Waals surface area contributed by atoms with Crippen molar-refractivity contribution in [2.24, 2.45) is 11.5 Å². The fourth-order valence-corrected chi connectivity index (χ4v) is 3.23. The number of carboxylic acid groups (broad SMARTS) is 3. The number of rotatable bonds is 17. The average molecular weight is 538 g/mol. The molecule has 4 atom stereocenters.